The number of carbonyl (C=O) groups is 1. The van der Waals surface area contributed by atoms with Crippen molar-refractivity contribution in [1.82, 2.24) is 15.0 Å². The van der Waals surface area contributed by atoms with E-state index in [1.165, 1.54) is 31.4 Å². The van der Waals surface area contributed by atoms with Crippen LogP contribution in [0.4, 0.5) is 30.8 Å². The Morgan fingerprint density at radius 3 is 2.31 bits per heavy atom. The van der Waals surface area contributed by atoms with Crippen LogP contribution < -0.4 is 24.8 Å². The van der Waals surface area contributed by atoms with Crippen molar-refractivity contribution in [3.63, 3.8) is 0 Å². The third-order valence-electron chi connectivity index (χ3n) is 4.72. The lowest BCUT2D eigenvalue weighted by Gasteiger charge is -2.14. The summed E-state index contributed by atoms with van der Waals surface area (Å²) < 4.78 is 58.7. The van der Waals surface area contributed by atoms with Gasteiger partial charge in [0.1, 0.15) is 30.3 Å². The monoisotopic (exact) mass is 545 g/mol. The summed E-state index contributed by atoms with van der Waals surface area (Å²) >= 11 is 0. The number of nitrogens with zero attached hydrogens (tertiary/aromatic N) is 3. The van der Waals surface area contributed by atoms with E-state index in [1.54, 1.807) is 30.3 Å². The minimum Gasteiger partial charge on any atom is -0.490 e. The van der Waals surface area contributed by atoms with Gasteiger partial charge in [-0.1, -0.05) is 37.4 Å². The summed E-state index contributed by atoms with van der Waals surface area (Å²) in [6.45, 7) is 6.31. The van der Waals surface area contributed by atoms with Gasteiger partial charge in [0.15, 0.2) is 6.61 Å². The molecular formula is C26H26F3N5O5. The number of rotatable bonds is 14. The summed E-state index contributed by atoms with van der Waals surface area (Å²) in [4.78, 5) is 24.1. The van der Waals surface area contributed by atoms with Crippen molar-refractivity contribution in [3.8, 4) is 17.5 Å². The Bertz CT molecular complexity index is 1290. The lowest BCUT2D eigenvalue weighted by molar-refractivity contribution is -0.154. The van der Waals surface area contributed by atoms with Gasteiger partial charge in [0.25, 0.3) is 0 Å². The smallest absolute Gasteiger partial charge is 0.422 e. The Labute approximate surface area is 222 Å². The zero-order valence-corrected chi connectivity index (χ0v) is 21.0. The van der Waals surface area contributed by atoms with Gasteiger partial charge < -0.3 is 29.6 Å². The Hall–Kier alpha value is -4.81. The third kappa shape index (κ3) is 9.22. The maximum absolute atomic E-state index is 12.7. The average molecular weight is 546 g/mol. The fourth-order valence-electron chi connectivity index (χ4n) is 3.02. The van der Waals surface area contributed by atoms with Gasteiger partial charge in [0.2, 0.25) is 11.9 Å². The van der Waals surface area contributed by atoms with E-state index < -0.39 is 24.8 Å². The van der Waals surface area contributed by atoms with Gasteiger partial charge in [-0.2, -0.15) is 28.1 Å². The van der Waals surface area contributed by atoms with E-state index in [-0.39, 0.29) is 36.4 Å². The molecule has 0 saturated carbocycles. The van der Waals surface area contributed by atoms with Gasteiger partial charge in [-0.05, 0) is 29.8 Å². The molecule has 0 fully saturated rings. The zero-order chi connectivity index (χ0) is 28.3. The fourth-order valence-corrected chi connectivity index (χ4v) is 3.02. The van der Waals surface area contributed by atoms with E-state index in [9.17, 15) is 18.0 Å². The van der Waals surface area contributed by atoms with Gasteiger partial charge in [-0.25, -0.2) is 4.79 Å². The van der Waals surface area contributed by atoms with Gasteiger partial charge in [0, 0.05) is 18.3 Å². The molecule has 0 atom stereocenters. The van der Waals surface area contributed by atoms with Crippen LogP contribution in [-0.2, 0) is 11.3 Å². The summed E-state index contributed by atoms with van der Waals surface area (Å²) in [5.74, 6) is 0.0794. The summed E-state index contributed by atoms with van der Waals surface area (Å²) in [7, 11) is 1.23. The van der Waals surface area contributed by atoms with E-state index in [0.29, 0.717) is 18.0 Å². The lowest BCUT2D eigenvalue weighted by atomic mass is 10.2. The lowest BCUT2D eigenvalue weighted by Crippen LogP contribution is -2.21. The normalized spacial score (nSPS) is 10.8. The highest BCUT2D eigenvalue weighted by atomic mass is 19.4. The Balaban J connectivity index is 1.83. The van der Waals surface area contributed by atoms with E-state index in [2.05, 4.69) is 38.7 Å². The van der Waals surface area contributed by atoms with Crippen molar-refractivity contribution in [1.29, 1.82) is 0 Å². The molecule has 1 heterocycles. The number of aromatic nitrogens is 3. The second-order valence-electron chi connectivity index (χ2n) is 7.69. The molecule has 2 aromatic carbocycles. The first-order valence-electron chi connectivity index (χ1n) is 11.5. The molecule has 0 aliphatic carbocycles. The van der Waals surface area contributed by atoms with Crippen molar-refractivity contribution in [2.75, 3.05) is 37.6 Å². The SMILES string of the molecule is C=CCOc1ccc(CNc2nc(Nc3ccc(C(=O)OC)c(OCC=C)c3)nc(OCC(F)(F)F)n2)cc1. The second-order valence-corrected chi connectivity index (χ2v) is 7.69. The number of halogens is 3. The number of benzene rings is 2. The molecule has 13 heteroatoms. The second kappa shape index (κ2) is 13.7. The molecule has 39 heavy (non-hydrogen) atoms. The minimum absolute atomic E-state index is 0.0361. The molecule has 3 aromatic rings. The third-order valence-corrected chi connectivity index (χ3v) is 4.72. The van der Waals surface area contributed by atoms with Crippen LogP contribution in [0.1, 0.15) is 15.9 Å². The van der Waals surface area contributed by atoms with Gasteiger partial charge in [-0.15, -0.1) is 0 Å². The van der Waals surface area contributed by atoms with Crippen molar-refractivity contribution >= 4 is 23.6 Å². The molecule has 0 radical (unpaired) electrons. The Morgan fingerprint density at radius 2 is 1.64 bits per heavy atom. The quantitative estimate of drug-likeness (QED) is 0.210. The number of esters is 1. The first kappa shape index (κ1) is 28.8. The molecule has 0 spiro atoms. The Kier molecular flexibility index (Phi) is 10.1. The number of carbonyl (C=O) groups excluding carboxylic acids is 1. The molecule has 0 aliphatic rings. The molecule has 0 saturated heterocycles. The number of nitrogens with one attached hydrogen (secondary N) is 2. The van der Waals surface area contributed by atoms with Crippen LogP contribution in [0.15, 0.2) is 67.8 Å². The molecular weight excluding hydrogens is 519 g/mol. The zero-order valence-electron chi connectivity index (χ0n) is 21.0. The molecule has 1 aromatic heterocycles. The van der Waals surface area contributed by atoms with Crippen LogP contribution >= 0.6 is 0 Å². The summed E-state index contributed by atoms with van der Waals surface area (Å²) in [6, 6.07) is 11.1. The largest absolute Gasteiger partial charge is 0.490 e. The molecule has 2 N–H and O–H groups in total. The van der Waals surface area contributed by atoms with E-state index >= 15 is 0 Å². The van der Waals surface area contributed by atoms with Crippen LogP contribution in [0.25, 0.3) is 0 Å². The van der Waals surface area contributed by atoms with Crippen molar-refractivity contribution in [3.05, 3.63) is 78.9 Å². The summed E-state index contributed by atoms with van der Waals surface area (Å²) in [6.07, 6.45) is -1.47. The maximum Gasteiger partial charge on any atom is 0.422 e. The predicted octanol–water partition coefficient (Wildman–Crippen LogP) is 5.08. The average Bonchev–Trinajstić information content (AvgIpc) is 2.92. The standard InChI is InChI=1S/C26H26F3N5O5/c1-4-12-37-19-9-6-17(7-10-19)15-30-23-32-24(34-25(33-23)39-16-26(27,28)29)31-18-8-11-20(22(35)36-3)21(14-18)38-13-5-2/h4-11,14H,1-2,12-13,15-16H2,3H3,(H2,30,31,32,33,34). The number of hydrogen-bond donors (Lipinski definition) is 2. The van der Waals surface area contributed by atoms with E-state index in [0.717, 1.165) is 5.56 Å². The van der Waals surface area contributed by atoms with Gasteiger partial charge in [-0.3, -0.25) is 0 Å². The van der Waals surface area contributed by atoms with Crippen LogP contribution in [0.5, 0.6) is 17.5 Å². The fraction of sp³-hybridized carbons (Fsp3) is 0.231. The molecule has 10 nitrogen and oxygen atoms in total. The molecule has 206 valence electrons. The summed E-state index contributed by atoms with van der Waals surface area (Å²) in [5, 5.41) is 5.80. The molecule has 3 rings (SSSR count). The predicted molar refractivity (Wildman–Crippen MR) is 138 cm³/mol. The number of anilines is 3. The van der Waals surface area contributed by atoms with Crippen LogP contribution in [-0.4, -0.2) is 54.0 Å². The molecule has 0 unspecified atom stereocenters. The van der Waals surface area contributed by atoms with E-state index in [1.807, 2.05) is 0 Å². The minimum atomic E-state index is -4.59. The topological polar surface area (TPSA) is 117 Å². The van der Waals surface area contributed by atoms with Crippen LogP contribution in [0.2, 0.25) is 0 Å². The highest BCUT2D eigenvalue weighted by Gasteiger charge is 2.29. The number of alkyl halides is 3. The highest BCUT2D eigenvalue weighted by Crippen LogP contribution is 2.27. The van der Waals surface area contributed by atoms with Crippen LogP contribution in [0.3, 0.4) is 0 Å². The van der Waals surface area contributed by atoms with Gasteiger partial charge >= 0.3 is 18.2 Å². The summed E-state index contributed by atoms with van der Waals surface area (Å²) in [5.41, 5.74) is 1.37. The first-order chi connectivity index (χ1) is 18.7. The molecule has 0 amide bonds. The maximum atomic E-state index is 12.7. The van der Waals surface area contributed by atoms with E-state index in [4.69, 9.17) is 18.9 Å². The number of hydrogen-bond acceptors (Lipinski definition) is 10. The van der Waals surface area contributed by atoms with Crippen molar-refractivity contribution in [2.24, 2.45) is 0 Å². The highest BCUT2D eigenvalue weighted by molar-refractivity contribution is 5.93. The molecule has 0 bridgehead atoms. The first-order valence-corrected chi connectivity index (χ1v) is 11.5. The molecule has 0 aliphatic heterocycles. The number of methoxy groups -OCH3 is 1. The van der Waals surface area contributed by atoms with Crippen molar-refractivity contribution in [2.45, 2.75) is 12.7 Å². The Morgan fingerprint density at radius 1 is 0.949 bits per heavy atom. The van der Waals surface area contributed by atoms with Gasteiger partial charge in [0.05, 0.1) is 7.11 Å². The van der Waals surface area contributed by atoms with Crippen molar-refractivity contribution < 1.29 is 36.9 Å². The number of ether oxygens (including phenoxy) is 4. The van der Waals surface area contributed by atoms with Crippen LogP contribution in [0, 0.1) is 0 Å².